The van der Waals surface area contributed by atoms with Gasteiger partial charge >= 0.3 is 36.4 Å². The lowest BCUT2D eigenvalue weighted by molar-refractivity contribution is -0.147. The normalized spacial score (nSPS) is 12.3. The van der Waals surface area contributed by atoms with Crippen molar-refractivity contribution in [3.63, 3.8) is 0 Å². The molecule has 7 amide bonds. The van der Waals surface area contributed by atoms with Gasteiger partial charge in [0.05, 0.1) is 0 Å². The number of carboxylic acids is 1. The predicted molar refractivity (Wildman–Crippen MR) is 396 cm³/mol. The average Bonchev–Trinajstić information content (AvgIpc) is 0.813. The lowest BCUT2D eigenvalue weighted by Crippen LogP contribution is -2.57. The number of carbonyl (C=O) groups is 8. The van der Waals surface area contributed by atoms with E-state index in [9.17, 15) is 33.9 Å². The molecule has 0 aliphatic rings. The predicted octanol–water partition coefficient (Wildman–Crippen LogP) is 20.1. The van der Waals surface area contributed by atoms with Crippen LogP contribution in [0.15, 0.2) is 0 Å². The van der Waals surface area contributed by atoms with Crippen LogP contribution in [0.4, 0.5) is 24.0 Å². The summed E-state index contributed by atoms with van der Waals surface area (Å²) < 4.78 is 28.6. The van der Waals surface area contributed by atoms with E-state index in [1.165, 1.54) is 146 Å². The summed E-state index contributed by atoms with van der Waals surface area (Å²) in [6, 6.07) is -1.57. The monoisotopic (exact) mass is 1390 g/mol. The number of carboxylic acid groups (broad SMARTS) is 1. The maximum atomic E-state index is 15.4. The van der Waals surface area contributed by atoms with Crippen LogP contribution in [0, 0.1) is 0 Å². The number of hydrogen-bond donors (Lipinski definition) is 2. The first kappa shape index (κ1) is 93.0. The number of carbonyl (C=O) groups excluding carboxylic acids is 7. The molecule has 98 heavy (non-hydrogen) atoms. The molecule has 2 N–H and O–H groups in total. The van der Waals surface area contributed by atoms with E-state index in [1.54, 1.807) is 114 Å². The topological polar surface area (TPSA) is 231 Å². The maximum Gasteiger partial charge on any atom is 0.417 e. The highest BCUT2D eigenvalue weighted by Crippen LogP contribution is 2.23. The van der Waals surface area contributed by atoms with Crippen molar-refractivity contribution < 1.29 is 67.1 Å². The molecule has 0 aliphatic heterocycles. The summed E-state index contributed by atoms with van der Waals surface area (Å²) in [5.74, 6) is -2.72. The molecule has 0 aromatic rings. The summed E-state index contributed by atoms with van der Waals surface area (Å²) in [5.41, 5.74) is -4.45. The molecule has 0 fully saturated rings. The largest absolute Gasteiger partial charge is 0.481 e. The fraction of sp³-hybridized carbons (Fsp3) is 0.897. The van der Waals surface area contributed by atoms with Crippen molar-refractivity contribution in [3.05, 3.63) is 0 Å². The summed E-state index contributed by atoms with van der Waals surface area (Å²) in [6.07, 6.45) is 35.1. The summed E-state index contributed by atoms with van der Waals surface area (Å²) in [6.45, 7) is 31.3. The molecule has 0 aromatic carbocycles. The molecule has 20 nitrogen and oxygen atoms in total. The SMILES string of the molecule is CCCCCCCCCCCCCCCCCCN(CCCCCCCCCCCCCCCCCC)C(=O)C(CCC(=O)O)N(C(=O)CN(CCCN(CCCCN(CCCNC(=O)OC(C)(C)C)C(=O)OC(C)(C)C)C(=O)OC(C)(C)C)C(=O)OC(C)(C)C)C(=O)OC(C)(C)C. The van der Waals surface area contributed by atoms with Gasteiger partial charge in [-0.05, 0) is 149 Å². The minimum absolute atomic E-state index is 0.0533. The molecule has 1 unspecified atom stereocenters. The molecular formula is C78H148N6O14. The second-order valence-corrected chi connectivity index (χ2v) is 32.3. The molecular weight excluding hydrogens is 1240 g/mol. The average molecular weight is 1390 g/mol. The molecule has 574 valence electrons. The van der Waals surface area contributed by atoms with E-state index in [0.717, 1.165) is 61.2 Å². The molecule has 0 radical (unpaired) electrons. The van der Waals surface area contributed by atoms with Gasteiger partial charge in [-0.2, -0.15) is 0 Å². The molecule has 0 bridgehead atoms. The zero-order valence-corrected chi connectivity index (χ0v) is 65.8. The Kier molecular flexibility index (Phi) is 50.2. The van der Waals surface area contributed by atoms with Gasteiger partial charge in [-0.1, -0.05) is 206 Å². The number of nitrogens with zero attached hydrogens (tertiary/aromatic N) is 5. The number of nitrogens with one attached hydrogen (secondary N) is 1. The number of ether oxygens (including phenoxy) is 5. The Hall–Kier alpha value is -5.04. The Bertz CT molecular complexity index is 2120. The van der Waals surface area contributed by atoms with Crippen LogP contribution in [0.1, 0.15) is 362 Å². The second kappa shape index (κ2) is 52.9. The van der Waals surface area contributed by atoms with Crippen LogP contribution in [-0.2, 0) is 38.1 Å². The van der Waals surface area contributed by atoms with Crippen molar-refractivity contribution in [1.82, 2.24) is 29.8 Å². The molecule has 0 spiro atoms. The van der Waals surface area contributed by atoms with Gasteiger partial charge in [0, 0.05) is 58.8 Å². The number of aliphatic carboxylic acids is 1. The van der Waals surface area contributed by atoms with Crippen LogP contribution in [0.2, 0.25) is 0 Å². The first-order chi connectivity index (χ1) is 46.0. The molecule has 0 aromatic heterocycles. The van der Waals surface area contributed by atoms with Gasteiger partial charge in [-0.25, -0.2) is 28.9 Å². The van der Waals surface area contributed by atoms with Gasteiger partial charge in [-0.15, -0.1) is 0 Å². The minimum atomic E-state index is -1.57. The van der Waals surface area contributed by atoms with E-state index in [2.05, 4.69) is 19.2 Å². The third-order valence-electron chi connectivity index (χ3n) is 16.5. The number of amides is 7. The Morgan fingerprint density at radius 1 is 0.327 bits per heavy atom. The Labute approximate surface area is 597 Å². The van der Waals surface area contributed by atoms with Crippen molar-refractivity contribution in [2.24, 2.45) is 0 Å². The van der Waals surface area contributed by atoms with E-state index in [-0.39, 0.29) is 52.1 Å². The van der Waals surface area contributed by atoms with E-state index < -0.39 is 95.3 Å². The fourth-order valence-corrected chi connectivity index (χ4v) is 11.5. The number of imide groups is 1. The van der Waals surface area contributed by atoms with Crippen molar-refractivity contribution in [2.45, 2.75) is 396 Å². The zero-order chi connectivity index (χ0) is 74.1. The van der Waals surface area contributed by atoms with Crippen molar-refractivity contribution in [3.8, 4) is 0 Å². The molecule has 0 saturated heterocycles. The Morgan fingerprint density at radius 3 is 0.918 bits per heavy atom. The fourth-order valence-electron chi connectivity index (χ4n) is 11.5. The first-order valence-electron chi connectivity index (χ1n) is 38.9. The van der Waals surface area contributed by atoms with Crippen LogP contribution < -0.4 is 5.32 Å². The van der Waals surface area contributed by atoms with Crippen LogP contribution in [0.3, 0.4) is 0 Å². The quantitative estimate of drug-likeness (QED) is 0.0426. The lowest BCUT2D eigenvalue weighted by Gasteiger charge is -2.36. The molecule has 0 saturated carbocycles. The second-order valence-electron chi connectivity index (χ2n) is 32.3. The lowest BCUT2D eigenvalue weighted by atomic mass is 10.0. The van der Waals surface area contributed by atoms with Gasteiger partial charge < -0.3 is 48.8 Å². The zero-order valence-electron chi connectivity index (χ0n) is 65.8. The highest BCUT2D eigenvalue weighted by molar-refractivity contribution is 6.00. The minimum Gasteiger partial charge on any atom is -0.481 e. The van der Waals surface area contributed by atoms with Gasteiger partial charge in [0.15, 0.2) is 0 Å². The third-order valence-corrected chi connectivity index (χ3v) is 16.5. The number of hydrogen-bond acceptors (Lipinski definition) is 13. The van der Waals surface area contributed by atoms with Crippen LogP contribution in [0.25, 0.3) is 0 Å². The standard InChI is InChI=1S/C78H148N6O14/c1-18-20-22-24-26-28-30-32-34-36-38-40-42-44-46-48-57-80(58-49-47-45-43-41-39-37-35-33-31-29-27-25-23-21-19-2)68(88)65(54-55-67(86)87)84(73(93)98-78(15,16)17)66(85)64-83(72(92)97-77(12,13)14)63-53-62-82(71(91)96-76(9,10)11)60-51-50-59-81(70(90)95-75(6,7)8)61-52-56-79-69(89)94-74(3,4)5/h65H,18-64H2,1-17H3,(H,79,89)(H,86,87). The number of alkyl carbamates (subject to hydrolysis) is 1. The first-order valence-corrected chi connectivity index (χ1v) is 38.9. The van der Waals surface area contributed by atoms with Crippen LogP contribution >= 0.6 is 0 Å². The Balaban J connectivity index is 6.80. The van der Waals surface area contributed by atoms with Crippen molar-refractivity contribution in [1.29, 1.82) is 0 Å². The summed E-state index contributed by atoms with van der Waals surface area (Å²) >= 11 is 0. The summed E-state index contributed by atoms with van der Waals surface area (Å²) in [4.78, 5) is 118. The molecule has 1 atom stereocenters. The third kappa shape index (κ3) is 53.8. The van der Waals surface area contributed by atoms with E-state index in [0.29, 0.717) is 45.2 Å². The van der Waals surface area contributed by atoms with Crippen LogP contribution in [0.5, 0.6) is 0 Å². The number of rotatable bonds is 54. The molecule has 0 rings (SSSR count). The highest BCUT2D eigenvalue weighted by Gasteiger charge is 2.41. The maximum absolute atomic E-state index is 15.4. The highest BCUT2D eigenvalue weighted by atomic mass is 16.6. The van der Waals surface area contributed by atoms with Gasteiger partial charge in [0.25, 0.3) is 5.91 Å². The van der Waals surface area contributed by atoms with Crippen molar-refractivity contribution >= 4 is 48.2 Å². The van der Waals surface area contributed by atoms with Crippen molar-refractivity contribution in [2.75, 3.05) is 58.9 Å². The van der Waals surface area contributed by atoms with Gasteiger partial charge in [0.1, 0.15) is 40.6 Å². The van der Waals surface area contributed by atoms with E-state index in [4.69, 9.17) is 23.7 Å². The summed E-state index contributed by atoms with van der Waals surface area (Å²) in [7, 11) is 0. The molecule has 0 heterocycles. The Morgan fingerprint density at radius 2 is 0.592 bits per heavy atom. The smallest absolute Gasteiger partial charge is 0.417 e. The van der Waals surface area contributed by atoms with Gasteiger partial charge in [0.2, 0.25) is 5.91 Å². The van der Waals surface area contributed by atoms with Crippen LogP contribution in [-0.4, -0.2) is 171 Å². The summed E-state index contributed by atoms with van der Waals surface area (Å²) in [5, 5.41) is 12.9. The molecule has 20 heteroatoms. The molecule has 0 aliphatic carbocycles. The van der Waals surface area contributed by atoms with Gasteiger partial charge in [-0.3, -0.25) is 19.3 Å². The van der Waals surface area contributed by atoms with E-state index >= 15 is 9.59 Å². The number of unbranched alkanes of at least 4 members (excludes halogenated alkanes) is 31. The van der Waals surface area contributed by atoms with E-state index in [1.807, 2.05) is 0 Å².